The lowest BCUT2D eigenvalue weighted by atomic mass is 9.87. The lowest BCUT2D eigenvalue weighted by molar-refractivity contribution is -0.139. The van der Waals surface area contributed by atoms with Crippen molar-refractivity contribution in [2.45, 2.75) is 44.7 Å². The van der Waals surface area contributed by atoms with E-state index in [4.69, 9.17) is 0 Å². The Bertz CT molecular complexity index is 977. The van der Waals surface area contributed by atoms with Crippen LogP contribution in [0.1, 0.15) is 37.8 Å². The second-order valence-corrected chi connectivity index (χ2v) is 7.87. The molecule has 0 bridgehead atoms. The Morgan fingerprint density at radius 1 is 1.13 bits per heavy atom. The van der Waals surface area contributed by atoms with Crippen molar-refractivity contribution in [1.82, 2.24) is 15.8 Å². The zero-order chi connectivity index (χ0) is 21.3. The predicted octanol–water partition coefficient (Wildman–Crippen LogP) is 2.72. The average Bonchev–Trinajstić information content (AvgIpc) is 3.01. The van der Waals surface area contributed by atoms with Crippen molar-refractivity contribution in [2.75, 3.05) is 11.4 Å². The van der Waals surface area contributed by atoms with E-state index >= 15 is 0 Å². The summed E-state index contributed by atoms with van der Waals surface area (Å²) in [5.74, 6) is -0.872. The van der Waals surface area contributed by atoms with E-state index in [1.54, 1.807) is 12.1 Å². The van der Waals surface area contributed by atoms with Crippen LogP contribution in [0.15, 0.2) is 54.6 Å². The number of urea groups is 1. The van der Waals surface area contributed by atoms with Crippen LogP contribution in [0, 0.1) is 0 Å². The molecule has 2 aromatic rings. The fourth-order valence-electron chi connectivity index (χ4n) is 4.35. The highest BCUT2D eigenvalue weighted by molar-refractivity contribution is 6.08. The van der Waals surface area contributed by atoms with Gasteiger partial charge in [0.25, 0.3) is 11.8 Å². The predicted molar refractivity (Wildman–Crippen MR) is 114 cm³/mol. The SMILES string of the molecule is CCC1(c2ccccc2)NC(=O)N(NC(=O)CN2c3ccccc3CCC2C)C1=O. The van der Waals surface area contributed by atoms with Crippen LogP contribution in [0.5, 0.6) is 0 Å². The number of hydrogen-bond donors (Lipinski definition) is 2. The molecule has 4 rings (SSSR count). The van der Waals surface area contributed by atoms with Crippen molar-refractivity contribution >= 4 is 23.5 Å². The largest absolute Gasteiger partial charge is 0.359 e. The van der Waals surface area contributed by atoms with Crippen LogP contribution in [0.4, 0.5) is 10.5 Å². The van der Waals surface area contributed by atoms with Gasteiger partial charge in [-0.3, -0.25) is 15.0 Å². The molecule has 7 heteroatoms. The number of carbonyl (C=O) groups is 3. The first-order valence-corrected chi connectivity index (χ1v) is 10.3. The van der Waals surface area contributed by atoms with Gasteiger partial charge < -0.3 is 10.2 Å². The molecule has 0 aliphatic carbocycles. The number of amides is 4. The number of para-hydroxylation sites is 1. The number of nitrogens with zero attached hydrogens (tertiary/aromatic N) is 2. The highest BCUT2D eigenvalue weighted by Crippen LogP contribution is 2.32. The molecule has 1 fully saturated rings. The number of aryl methyl sites for hydroxylation is 1. The fraction of sp³-hybridized carbons (Fsp3) is 0.348. The molecule has 30 heavy (non-hydrogen) atoms. The topological polar surface area (TPSA) is 81.8 Å². The number of hydrogen-bond acceptors (Lipinski definition) is 4. The Labute approximate surface area is 176 Å². The van der Waals surface area contributed by atoms with Gasteiger partial charge in [-0.2, -0.15) is 5.01 Å². The number of rotatable bonds is 5. The minimum atomic E-state index is -1.17. The monoisotopic (exact) mass is 406 g/mol. The van der Waals surface area contributed by atoms with Crippen LogP contribution in [0.3, 0.4) is 0 Å². The zero-order valence-electron chi connectivity index (χ0n) is 17.2. The summed E-state index contributed by atoms with van der Waals surface area (Å²) in [5.41, 5.74) is 4.28. The van der Waals surface area contributed by atoms with Crippen LogP contribution in [0.2, 0.25) is 0 Å². The molecule has 0 radical (unpaired) electrons. The molecule has 4 amide bonds. The van der Waals surface area contributed by atoms with Gasteiger partial charge in [-0.05, 0) is 43.4 Å². The van der Waals surface area contributed by atoms with Gasteiger partial charge in [0.05, 0.1) is 6.54 Å². The number of fused-ring (bicyclic) bond motifs is 1. The van der Waals surface area contributed by atoms with Crippen LogP contribution in [0.25, 0.3) is 0 Å². The standard InChI is InChI=1S/C23H26N4O3/c1-3-23(18-10-5-4-6-11-18)21(29)27(22(30)24-23)25-20(28)15-26-16(2)13-14-17-9-7-8-12-19(17)26/h4-12,16H,3,13-15H2,1-2H3,(H,24,30)(H,25,28). The Hall–Kier alpha value is -3.35. The molecule has 156 valence electrons. The van der Waals surface area contributed by atoms with Gasteiger partial charge in [0.2, 0.25) is 0 Å². The van der Waals surface area contributed by atoms with Gasteiger partial charge in [0.1, 0.15) is 5.54 Å². The Kier molecular flexibility index (Phi) is 5.20. The molecule has 0 spiro atoms. The first-order valence-electron chi connectivity index (χ1n) is 10.3. The molecular formula is C23H26N4O3. The van der Waals surface area contributed by atoms with Crippen molar-refractivity contribution in [1.29, 1.82) is 0 Å². The molecule has 2 aliphatic rings. The third-order valence-electron chi connectivity index (χ3n) is 6.10. The Morgan fingerprint density at radius 3 is 2.57 bits per heavy atom. The number of nitrogens with one attached hydrogen (secondary N) is 2. The maximum absolute atomic E-state index is 13.2. The molecule has 0 saturated carbocycles. The Balaban J connectivity index is 1.51. The summed E-state index contributed by atoms with van der Waals surface area (Å²) in [6, 6.07) is 16.7. The molecule has 2 aliphatic heterocycles. The second-order valence-electron chi connectivity index (χ2n) is 7.87. The molecule has 0 aromatic heterocycles. The van der Waals surface area contributed by atoms with Crippen LogP contribution in [-0.4, -0.2) is 35.4 Å². The second kappa shape index (κ2) is 7.82. The summed E-state index contributed by atoms with van der Waals surface area (Å²) in [5, 5.41) is 3.59. The smallest absolute Gasteiger partial charge is 0.344 e. The van der Waals surface area contributed by atoms with Gasteiger partial charge in [-0.1, -0.05) is 55.5 Å². The van der Waals surface area contributed by atoms with E-state index in [0.29, 0.717) is 12.0 Å². The number of hydrazine groups is 1. The highest BCUT2D eigenvalue weighted by Gasteiger charge is 2.52. The number of carbonyl (C=O) groups excluding carboxylic acids is 3. The quantitative estimate of drug-likeness (QED) is 0.748. The fourth-order valence-corrected chi connectivity index (χ4v) is 4.35. The Morgan fingerprint density at radius 2 is 1.83 bits per heavy atom. The molecule has 2 unspecified atom stereocenters. The van der Waals surface area contributed by atoms with E-state index in [1.165, 1.54) is 5.56 Å². The summed E-state index contributed by atoms with van der Waals surface area (Å²) < 4.78 is 0. The minimum Gasteiger partial charge on any atom is -0.359 e. The van der Waals surface area contributed by atoms with Crippen molar-refractivity contribution in [3.63, 3.8) is 0 Å². The molecule has 2 atom stereocenters. The number of benzene rings is 2. The molecule has 2 heterocycles. The van der Waals surface area contributed by atoms with E-state index in [-0.39, 0.29) is 12.6 Å². The van der Waals surface area contributed by atoms with Crippen molar-refractivity contribution in [2.24, 2.45) is 0 Å². The van der Waals surface area contributed by atoms with Crippen molar-refractivity contribution in [3.8, 4) is 0 Å². The zero-order valence-corrected chi connectivity index (χ0v) is 17.2. The lowest BCUT2D eigenvalue weighted by Gasteiger charge is -2.36. The van der Waals surface area contributed by atoms with E-state index in [1.807, 2.05) is 48.2 Å². The first-order chi connectivity index (χ1) is 14.5. The first kappa shape index (κ1) is 19.9. The van der Waals surface area contributed by atoms with Gasteiger partial charge >= 0.3 is 6.03 Å². The van der Waals surface area contributed by atoms with Crippen molar-refractivity contribution < 1.29 is 14.4 Å². The summed E-state index contributed by atoms with van der Waals surface area (Å²) >= 11 is 0. The maximum Gasteiger partial charge on any atom is 0.344 e. The number of imide groups is 1. The van der Waals surface area contributed by atoms with Crippen LogP contribution in [-0.2, 0) is 21.5 Å². The normalized spacial score (nSPS) is 23.2. The third kappa shape index (κ3) is 3.30. The van der Waals surface area contributed by atoms with Crippen LogP contribution >= 0.6 is 0 Å². The molecule has 7 nitrogen and oxygen atoms in total. The van der Waals surface area contributed by atoms with E-state index < -0.39 is 23.4 Å². The molecule has 1 saturated heterocycles. The van der Waals surface area contributed by atoms with Gasteiger partial charge in [-0.15, -0.1) is 0 Å². The van der Waals surface area contributed by atoms with E-state index in [9.17, 15) is 14.4 Å². The average molecular weight is 406 g/mol. The van der Waals surface area contributed by atoms with Gasteiger partial charge in [0.15, 0.2) is 0 Å². The summed E-state index contributed by atoms with van der Waals surface area (Å²) in [7, 11) is 0. The van der Waals surface area contributed by atoms with Crippen LogP contribution < -0.4 is 15.6 Å². The van der Waals surface area contributed by atoms with Crippen molar-refractivity contribution in [3.05, 3.63) is 65.7 Å². The van der Waals surface area contributed by atoms with Gasteiger partial charge in [-0.25, -0.2) is 4.79 Å². The summed E-state index contributed by atoms with van der Waals surface area (Å²) in [6.45, 7) is 3.98. The van der Waals surface area contributed by atoms with Gasteiger partial charge in [0, 0.05) is 11.7 Å². The minimum absolute atomic E-state index is 0.0691. The van der Waals surface area contributed by atoms with E-state index in [2.05, 4.69) is 23.7 Å². The molecule has 2 N–H and O–H groups in total. The third-order valence-corrected chi connectivity index (χ3v) is 6.10. The highest BCUT2D eigenvalue weighted by atomic mass is 16.2. The maximum atomic E-state index is 13.2. The lowest BCUT2D eigenvalue weighted by Crippen LogP contribution is -2.52. The number of anilines is 1. The molecule has 2 aromatic carbocycles. The van der Waals surface area contributed by atoms with E-state index in [0.717, 1.165) is 23.5 Å². The molecular weight excluding hydrogens is 380 g/mol. The summed E-state index contributed by atoms with van der Waals surface area (Å²) in [4.78, 5) is 40.6. The summed E-state index contributed by atoms with van der Waals surface area (Å²) in [6.07, 6.45) is 2.30.